The molecule has 0 saturated heterocycles. The minimum Gasteiger partial charge on any atom is -0.352 e. The standard InChI is InChI=1S/C31H36ClN3O4S/c1-23-13-19-29(20-14-23)40(38,39)35(28-11-7-4-8-12-28)22-30(36)34(21-25-15-17-26(32)18-16-25)24(2)31(37)33-27-9-5-3-6-10-27/h4,7-8,11-20,24,27H,3,5-6,9-10,21-22H2,1-2H3,(H,33,37). The number of hydrogen-bond acceptors (Lipinski definition) is 4. The molecule has 3 aromatic rings. The van der Waals surface area contributed by atoms with Crippen molar-refractivity contribution in [1.29, 1.82) is 0 Å². The lowest BCUT2D eigenvalue weighted by molar-refractivity contribution is -0.139. The predicted octanol–water partition coefficient (Wildman–Crippen LogP) is 5.71. The van der Waals surface area contributed by atoms with Crippen LogP contribution in [0.2, 0.25) is 5.02 Å². The van der Waals surface area contributed by atoms with Gasteiger partial charge in [-0.1, -0.05) is 78.9 Å². The Hall–Kier alpha value is -3.36. The van der Waals surface area contributed by atoms with Crippen LogP contribution in [0.25, 0.3) is 0 Å². The van der Waals surface area contributed by atoms with Gasteiger partial charge in [0.05, 0.1) is 10.6 Å². The molecule has 1 atom stereocenters. The van der Waals surface area contributed by atoms with Crippen LogP contribution in [0, 0.1) is 6.92 Å². The Morgan fingerprint density at radius 2 is 1.55 bits per heavy atom. The van der Waals surface area contributed by atoms with Crippen LogP contribution in [0.5, 0.6) is 0 Å². The molecule has 1 unspecified atom stereocenters. The lowest BCUT2D eigenvalue weighted by Crippen LogP contribution is -2.53. The van der Waals surface area contributed by atoms with Gasteiger partial charge in [0.2, 0.25) is 11.8 Å². The van der Waals surface area contributed by atoms with Gasteiger partial charge in [-0.2, -0.15) is 0 Å². The molecule has 1 N–H and O–H groups in total. The van der Waals surface area contributed by atoms with Gasteiger partial charge in [0.25, 0.3) is 10.0 Å². The van der Waals surface area contributed by atoms with Crippen LogP contribution in [-0.4, -0.2) is 43.8 Å². The summed E-state index contributed by atoms with van der Waals surface area (Å²) in [5.41, 5.74) is 2.07. The monoisotopic (exact) mass is 581 g/mol. The molecule has 3 aromatic carbocycles. The molecular formula is C31H36ClN3O4S. The van der Waals surface area contributed by atoms with E-state index < -0.39 is 28.5 Å². The van der Waals surface area contributed by atoms with Crippen molar-refractivity contribution >= 4 is 39.1 Å². The van der Waals surface area contributed by atoms with Gasteiger partial charge in [0, 0.05) is 17.6 Å². The molecule has 2 amide bonds. The number of amides is 2. The summed E-state index contributed by atoms with van der Waals surface area (Å²) in [5, 5.41) is 3.67. The minimum atomic E-state index is -4.08. The molecule has 1 saturated carbocycles. The first-order valence-electron chi connectivity index (χ1n) is 13.6. The molecule has 0 aromatic heterocycles. The molecule has 0 heterocycles. The van der Waals surface area contributed by atoms with Crippen LogP contribution < -0.4 is 9.62 Å². The number of benzene rings is 3. The number of para-hydroxylation sites is 1. The van der Waals surface area contributed by atoms with Gasteiger partial charge in [-0.05, 0) is 68.7 Å². The topological polar surface area (TPSA) is 86.8 Å². The zero-order valence-electron chi connectivity index (χ0n) is 22.9. The second-order valence-corrected chi connectivity index (χ2v) is 12.6. The van der Waals surface area contributed by atoms with Gasteiger partial charge in [-0.3, -0.25) is 13.9 Å². The smallest absolute Gasteiger partial charge is 0.264 e. The quantitative estimate of drug-likeness (QED) is 0.332. The van der Waals surface area contributed by atoms with Crippen molar-refractivity contribution in [2.24, 2.45) is 0 Å². The van der Waals surface area contributed by atoms with Crippen LogP contribution in [0.3, 0.4) is 0 Å². The lowest BCUT2D eigenvalue weighted by atomic mass is 9.95. The summed E-state index contributed by atoms with van der Waals surface area (Å²) in [4.78, 5) is 28.9. The molecule has 1 aliphatic carbocycles. The summed E-state index contributed by atoms with van der Waals surface area (Å²) >= 11 is 6.07. The maximum atomic E-state index is 14.0. The number of carbonyl (C=O) groups excluding carboxylic acids is 2. The Labute approximate surface area is 242 Å². The number of anilines is 1. The second-order valence-electron chi connectivity index (χ2n) is 10.3. The zero-order valence-corrected chi connectivity index (χ0v) is 24.5. The first-order valence-corrected chi connectivity index (χ1v) is 15.5. The number of hydrogen-bond donors (Lipinski definition) is 1. The molecule has 4 rings (SSSR count). The maximum Gasteiger partial charge on any atom is 0.264 e. The van der Waals surface area contributed by atoms with Gasteiger partial charge in [-0.25, -0.2) is 8.42 Å². The summed E-state index contributed by atoms with van der Waals surface area (Å²) in [7, 11) is -4.08. The lowest BCUT2D eigenvalue weighted by Gasteiger charge is -2.33. The third kappa shape index (κ3) is 7.43. The molecule has 1 aliphatic rings. The Bertz CT molecular complexity index is 1390. The van der Waals surface area contributed by atoms with E-state index in [1.54, 1.807) is 73.7 Å². The molecule has 0 spiro atoms. The fraction of sp³-hybridized carbons (Fsp3) is 0.355. The first kappa shape index (κ1) is 29.6. The van der Waals surface area contributed by atoms with E-state index in [-0.39, 0.29) is 23.4 Å². The molecule has 0 bridgehead atoms. The fourth-order valence-corrected chi connectivity index (χ4v) is 6.44. The molecule has 0 aliphatic heterocycles. The average Bonchev–Trinajstić information content (AvgIpc) is 2.96. The van der Waals surface area contributed by atoms with Gasteiger partial charge in [0.15, 0.2) is 0 Å². The number of nitrogens with one attached hydrogen (secondary N) is 1. The number of nitrogens with zero attached hydrogens (tertiary/aromatic N) is 2. The van der Waals surface area contributed by atoms with E-state index in [4.69, 9.17) is 11.6 Å². The van der Waals surface area contributed by atoms with E-state index in [0.29, 0.717) is 10.7 Å². The molecule has 40 heavy (non-hydrogen) atoms. The highest BCUT2D eigenvalue weighted by molar-refractivity contribution is 7.92. The van der Waals surface area contributed by atoms with Crippen LogP contribution in [0.1, 0.15) is 50.2 Å². The molecular weight excluding hydrogens is 546 g/mol. The molecule has 1 fully saturated rings. The highest BCUT2D eigenvalue weighted by atomic mass is 35.5. The van der Waals surface area contributed by atoms with E-state index in [2.05, 4.69) is 5.32 Å². The van der Waals surface area contributed by atoms with E-state index in [9.17, 15) is 18.0 Å². The van der Waals surface area contributed by atoms with Crippen molar-refractivity contribution in [1.82, 2.24) is 10.2 Å². The Morgan fingerprint density at radius 3 is 2.17 bits per heavy atom. The Balaban J connectivity index is 1.65. The van der Waals surface area contributed by atoms with Gasteiger partial charge in [-0.15, -0.1) is 0 Å². The SMILES string of the molecule is Cc1ccc(S(=O)(=O)N(CC(=O)N(Cc2ccc(Cl)cc2)C(C)C(=O)NC2CCCCC2)c2ccccc2)cc1. The van der Waals surface area contributed by atoms with Crippen molar-refractivity contribution in [3.63, 3.8) is 0 Å². The molecule has 7 nitrogen and oxygen atoms in total. The fourth-order valence-electron chi connectivity index (χ4n) is 4.90. The van der Waals surface area contributed by atoms with Gasteiger partial charge in [0.1, 0.15) is 12.6 Å². The van der Waals surface area contributed by atoms with E-state index in [0.717, 1.165) is 47.5 Å². The largest absolute Gasteiger partial charge is 0.352 e. The van der Waals surface area contributed by atoms with E-state index in [1.807, 2.05) is 6.92 Å². The first-order chi connectivity index (χ1) is 19.1. The van der Waals surface area contributed by atoms with Crippen molar-refractivity contribution < 1.29 is 18.0 Å². The third-order valence-corrected chi connectivity index (χ3v) is 9.36. The summed E-state index contributed by atoms with van der Waals surface area (Å²) in [5.74, 6) is -0.734. The Morgan fingerprint density at radius 1 is 0.925 bits per heavy atom. The summed E-state index contributed by atoms with van der Waals surface area (Å²) in [6.45, 7) is 3.23. The normalized spacial score (nSPS) is 14.8. The maximum absolute atomic E-state index is 14.0. The summed E-state index contributed by atoms with van der Waals surface area (Å²) < 4.78 is 28.8. The van der Waals surface area contributed by atoms with Gasteiger partial charge < -0.3 is 10.2 Å². The van der Waals surface area contributed by atoms with Crippen LogP contribution in [-0.2, 0) is 26.2 Å². The minimum absolute atomic E-state index is 0.0823. The highest BCUT2D eigenvalue weighted by Gasteiger charge is 2.33. The number of aryl methyl sites for hydroxylation is 1. The van der Waals surface area contributed by atoms with E-state index in [1.165, 1.54) is 17.0 Å². The second kappa shape index (κ2) is 13.3. The van der Waals surface area contributed by atoms with Crippen molar-refractivity contribution in [3.05, 3.63) is 95.0 Å². The van der Waals surface area contributed by atoms with Crippen LogP contribution >= 0.6 is 11.6 Å². The van der Waals surface area contributed by atoms with Crippen molar-refractivity contribution in [2.45, 2.75) is 69.5 Å². The number of halogens is 1. The predicted molar refractivity (Wildman–Crippen MR) is 159 cm³/mol. The highest BCUT2D eigenvalue weighted by Crippen LogP contribution is 2.25. The van der Waals surface area contributed by atoms with Crippen molar-refractivity contribution in [3.8, 4) is 0 Å². The number of sulfonamides is 1. The molecule has 0 radical (unpaired) electrons. The average molecular weight is 582 g/mol. The number of rotatable bonds is 10. The third-order valence-electron chi connectivity index (χ3n) is 7.32. The molecule has 212 valence electrons. The zero-order chi connectivity index (χ0) is 28.7. The molecule has 9 heteroatoms. The van der Waals surface area contributed by atoms with Gasteiger partial charge >= 0.3 is 0 Å². The Kier molecular flexibility index (Phi) is 9.87. The summed E-state index contributed by atoms with van der Waals surface area (Å²) in [6, 6.07) is 21.4. The number of carbonyl (C=O) groups is 2. The summed E-state index contributed by atoms with van der Waals surface area (Å²) in [6.07, 6.45) is 5.12. The van der Waals surface area contributed by atoms with Crippen molar-refractivity contribution in [2.75, 3.05) is 10.8 Å². The van der Waals surface area contributed by atoms with Crippen LogP contribution in [0.15, 0.2) is 83.8 Å². The van der Waals surface area contributed by atoms with E-state index >= 15 is 0 Å². The van der Waals surface area contributed by atoms with Crippen LogP contribution in [0.4, 0.5) is 5.69 Å².